The minimum Gasteiger partial charge on any atom is -0.434 e. The van der Waals surface area contributed by atoms with E-state index in [0.29, 0.717) is 27.5 Å². The Kier molecular flexibility index (Phi) is 4.81. The Morgan fingerprint density at radius 2 is 2.00 bits per heavy atom. The maximum Gasteiger partial charge on any atom is 0.387 e. The van der Waals surface area contributed by atoms with Gasteiger partial charge < -0.3 is 10.1 Å². The molecular formula is C18H13ClF2N2O2. The Hall–Kier alpha value is -2.73. The van der Waals surface area contributed by atoms with Gasteiger partial charge in [-0.25, -0.2) is 4.98 Å². The van der Waals surface area contributed by atoms with Crippen LogP contribution in [-0.4, -0.2) is 17.5 Å². The summed E-state index contributed by atoms with van der Waals surface area (Å²) in [6.07, 6.45) is 0. The van der Waals surface area contributed by atoms with Gasteiger partial charge in [0.05, 0.1) is 5.52 Å². The molecule has 3 aromatic rings. The number of amides is 1. The summed E-state index contributed by atoms with van der Waals surface area (Å²) in [4.78, 5) is 16.6. The van der Waals surface area contributed by atoms with E-state index in [9.17, 15) is 13.6 Å². The molecule has 0 spiro atoms. The number of ether oxygens (including phenoxy) is 1. The number of fused-ring (bicyclic) bond motifs is 1. The molecule has 0 aliphatic rings. The number of aromatic nitrogens is 1. The minimum absolute atomic E-state index is 0.0187. The SMILES string of the molecule is Cc1c(NC(=O)c2ccc3nc(Cl)ccc3c2)cccc1OC(F)F. The average molecular weight is 363 g/mol. The van der Waals surface area contributed by atoms with Gasteiger partial charge in [0.1, 0.15) is 10.9 Å². The summed E-state index contributed by atoms with van der Waals surface area (Å²) in [6.45, 7) is -1.33. The standard InChI is InChI=1S/C18H13ClF2N2O2/c1-10-13(3-2-4-15(10)25-18(20)21)23-17(24)12-5-7-14-11(9-12)6-8-16(19)22-14/h2-9,18H,1H3,(H,23,24). The van der Waals surface area contributed by atoms with Crippen molar-refractivity contribution < 1.29 is 18.3 Å². The van der Waals surface area contributed by atoms with Crippen LogP contribution in [0, 0.1) is 6.92 Å². The number of anilines is 1. The number of nitrogens with one attached hydrogen (secondary N) is 1. The van der Waals surface area contributed by atoms with Gasteiger partial charge in [-0.05, 0) is 49.4 Å². The summed E-state index contributed by atoms with van der Waals surface area (Å²) in [6, 6.07) is 13.0. The van der Waals surface area contributed by atoms with E-state index in [1.807, 2.05) is 0 Å². The van der Waals surface area contributed by atoms with E-state index >= 15 is 0 Å². The molecule has 1 aromatic heterocycles. The smallest absolute Gasteiger partial charge is 0.387 e. The first-order valence-electron chi connectivity index (χ1n) is 7.36. The van der Waals surface area contributed by atoms with Gasteiger partial charge in [-0.3, -0.25) is 4.79 Å². The van der Waals surface area contributed by atoms with Crippen molar-refractivity contribution in [1.29, 1.82) is 0 Å². The lowest BCUT2D eigenvalue weighted by Gasteiger charge is -2.13. The lowest BCUT2D eigenvalue weighted by molar-refractivity contribution is -0.0502. The highest BCUT2D eigenvalue weighted by Crippen LogP contribution is 2.27. The zero-order valence-corrected chi connectivity index (χ0v) is 13.8. The molecule has 0 saturated heterocycles. The number of alkyl halides is 2. The fourth-order valence-corrected chi connectivity index (χ4v) is 2.56. The van der Waals surface area contributed by atoms with E-state index in [0.717, 1.165) is 5.39 Å². The maximum atomic E-state index is 12.5. The van der Waals surface area contributed by atoms with Gasteiger partial charge in [-0.2, -0.15) is 8.78 Å². The van der Waals surface area contributed by atoms with E-state index in [2.05, 4.69) is 15.0 Å². The first-order valence-corrected chi connectivity index (χ1v) is 7.74. The molecular weight excluding hydrogens is 350 g/mol. The summed E-state index contributed by atoms with van der Waals surface area (Å²) in [5.41, 5.74) is 1.91. The van der Waals surface area contributed by atoms with Crippen LogP contribution in [-0.2, 0) is 0 Å². The lowest BCUT2D eigenvalue weighted by atomic mass is 10.1. The van der Waals surface area contributed by atoms with Crippen LogP contribution in [0.15, 0.2) is 48.5 Å². The molecule has 2 aromatic carbocycles. The van der Waals surface area contributed by atoms with Gasteiger partial charge in [0.2, 0.25) is 0 Å². The zero-order chi connectivity index (χ0) is 18.0. The number of nitrogens with zero attached hydrogens (tertiary/aromatic N) is 1. The van der Waals surface area contributed by atoms with Gasteiger partial charge >= 0.3 is 6.61 Å². The fraction of sp³-hybridized carbons (Fsp3) is 0.111. The predicted molar refractivity (Wildman–Crippen MR) is 92.5 cm³/mol. The van der Waals surface area contributed by atoms with Crippen LogP contribution in [0.25, 0.3) is 10.9 Å². The monoisotopic (exact) mass is 362 g/mol. The summed E-state index contributed by atoms with van der Waals surface area (Å²) >= 11 is 5.84. The first-order chi connectivity index (χ1) is 11.9. The van der Waals surface area contributed by atoms with Gasteiger partial charge in [-0.1, -0.05) is 17.7 Å². The predicted octanol–water partition coefficient (Wildman–Crippen LogP) is 5.05. The molecule has 128 valence electrons. The number of halogens is 3. The van der Waals surface area contributed by atoms with Crippen LogP contribution in [0.4, 0.5) is 14.5 Å². The average Bonchev–Trinajstić information content (AvgIpc) is 2.57. The molecule has 4 nitrogen and oxygen atoms in total. The van der Waals surface area contributed by atoms with Gasteiger partial charge in [0.25, 0.3) is 5.91 Å². The summed E-state index contributed by atoms with van der Waals surface area (Å²) in [5.74, 6) is -0.348. The second-order valence-electron chi connectivity index (χ2n) is 5.30. The highest BCUT2D eigenvalue weighted by Gasteiger charge is 2.13. The van der Waals surface area contributed by atoms with Crippen molar-refractivity contribution >= 4 is 34.1 Å². The van der Waals surface area contributed by atoms with Crippen molar-refractivity contribution in [2.24, 2.45) is 0 Å². The minimum atomic E-state index is -2.93. The van der Waals surface area contributed by atoms with E-state index in [4.69, 9.17) is 11.6 Å². The molecule has 7 heteroatoms. The number of hydrogen-bond acceptors (Lipinski definition) is 3. The third kappa shape index (κ3) is 3.85. The number of benzene rings is 2. The van der Waals surface area contributed by atoms with Gasteiger partial charge in [0, 0.05) is 22.2 Å². The van der Waals surface area contributed by atoms with Crippen molar-refractivity contribution in [3.63, 3.8) is 0 Å². The molecule has 0 saturated carbocycles. The van der Waals surface area contributed by atoms with Crippen molar-refractivity contribution in [1.82, 2.24) is 4.98 Å². The number of rotatable bonds is 4. The van der Waals surface area contributed by atoms with E-state index < -0.39 is 6.61 Å². The van der Waals surface area contributed by atoms with Crippen LogP contribution in [0.5, 0.6) is 5.75 Å². The quantitative estimate of drug-likeness (QED) is 0.661. The number of pyridine rings is 1. The van der Waals surface area contributed by atoms with E-state index in [1.165, 1.54) is 12.1 Å². The Labute approximate surface area is 147 Å². The number of carbonyl (C=O) groups excluding carboxylic acids is 1. The Balaban J connectivity index is 1.86. The summed E-state index contributed by atoms with van der Waals surface area (Å²) in [7, 11) is 0. The Morgan fingerprint density at radius 1 is 1.20 bits per heavy atom. The molecule has 1 N–H and O–H groups in total. The molecule has 0 fully saturated rings. The molecule has 0 radical (unpaired) electrons. The van der Waals surface area contributed by atoms with Crippen molar-refractivity contribution in [2.75, 3.05) is 5.32 Å². The molecule has 25 heavy (non-hydrogen) atoms. The van der Waals surface area contributed by atoms with Crippen LogP contribution in [0.2, 0.25) is 5.15 Å². The summed E-state index contributed by atoms with van der Waals surface area (Å²) < 4.78 is 29.3. The van der Waals surface area contributed by atoms with Crippen LogP contribution < -0.4 is 10.1 Å². The molecule has 0 aliphatic carbocycles. The zero-order valence-electron chi connectivity index (χ0n) is 13.1. The van der Waals surface area contributed by atoms with Gasteiger partial charge in [-0.15, -0.1) is 0 Å². The van der Waals surface area contributed by atoms with E-state index in [-0.39, 0.29) is 11.7 Å². The third-order valence-corrected chi connectivity index (χ3v) is 3.88. The van der Waals surface area contributed by atoms with Crippen LogP contribution >= 0.6 is 11.6 Å². The number of hydrogen-bond donors (Lipinski definition) is 1. The molecule has 1 heterocycles. The highest BCUT2D eigenvalue weighted by molar-refractivity contribution is 6.29. The lowest BCUT2D eigenvalue weighted by Crippen LogP contribution is -2.13. The van der Waals surface area contributed by atoms with Crippen molar-refractivity contribution in [3.05, 3.63) is 64.8 Å². The second kappa shape index (κ2) is 7.03. The molecule has 3 rings (SSSR count). The number of carbonyl (C=O) groups is 1. The molecule has 0 atom stereocenters. The largest absolute Gasteiger partial charge is 0.434 e. The van der Waals surface area contributed by atoms with Crippen LogP contribution in [0.3, 0.4) is 0 Å². The third-order valence-electron chi connectivity index (χ3n) is 3.67. The highest BCUT2D eigenvalue weighted by atomic mass is 35.5. The van der Waals surface area contributed by atoms with Crippen molar-refractivity contribution in [3.8, 4) is 5.75 Å². The first kappa shape index (κ1) is 17.1. The van der Waals surface area contributed by atoms with Crippen molar-refractivity contribution in [2.45, 2.75) is 13.5 Å². The molecule has 1 amide bonds. The van der Waals surface area contributed by atoms with Crippen LogP contribution in [0.1, 0.15) is 15.9 Å². The van der Waals surface area contributed by atoms with E-state index in [1.54, 1.807) is 43.3 Å². The van der Waals surface area contributed by atoms with Gasteiger partial charge in [0.15, 0.2) is 0 Å². The fourth-order valence-electron chi connectivity index (χ4n) is 2.41. The Bertz CT molecular complexity index is 948. The Morgan fingerprint density at radius 3 is 2.76 bits per heavy atom. The molecule has 0 bridgehead atoms. The topological polar surface area (TPSA) is 51.2 Å². The summed E-state index contributed by atoms with van der Waals surface area (Å²) in [5, 5.41) is 3.84. The maximum absolute atomic E-state index is 12.5. The molecule has 0 unspecified atom stereocenters. The second-order valence-corrected chi connectivity index (χ2v) is 5.69. The normalized spacial score (nSPS) is 10.9. The molecule has 0 aliphatic heterocycles.